The monoisotopic (exact) mass is 705 g/mol. The summed E-state index contributed by atoms with van der Waals surface area (Å²) in [6, 6.07) is 25.3. The second kappa shape index (κ2) is 19.7. The molecule has 0 bridgehead atoms. The third-order valence-electron chi connectivity index (χ3n) is 7.76. The number of amides is 3. The van der Waals surface area contributed by atoms with Crippen LogP contribution in [0.25, 0.3) is 0 Å². The lowest BCUT2D eigenvalue weighted by atomic mass is 10.0. The average molecular weight is 706 g/mol. The van der Waals surface area contributed by atoms with Gasteiger partial charge in [0, 0.05) is 22.7 Å². The molecule has 1 aromatic heterocycles. The Morgan fingerprint density at radius 1 is 0.776 bits per heavy atom. The summed E-state index contributed by atoms with van der Waals surface area (Å²) >= 11 is 7.52. The van der Waals surface area contributed by atoms with E-state index in [4.69, 9.17) is 32.5 Å². The third kappa shape index (κ3) is 12.9. The molecule has 4 rings (SSSR count). The largest absolute Gasteiger partial charge is 0.494 e. The van der Waals surface area contributed by atoms with Crippen molar-refractivity contribution in [2.75, 3.05) is 19.9 Å². The zero-order valence-corrected chi connectivity index (χ0v) is 29.1. The van der Waals surface area contributed by atoms with E-state index in [9.17, 15) is 14.4 Å². The lowest BCUT2D eigenvalue weighted by Crippen LogP contribution is -2.55. The Kier molecular flexibility index (Phi) is 15.1. The number of benzene rings is 3. The number of thiophene rings is 1. The van der Waals surface area contributed by atoms with E-state index in [1.807, 2.05) is 91.2 Å². The van der Waals surface area contributed by atoms with Crippen molar-refractivity contribution in [3.8, 4) is 5.75 Å². The summed E-state index contributed by atoms with van der Waals surface area (Å²) in [5.74, 6) is -0.554. The fraction of sp³-hybridized carbons (Fsp3) is 0.324. The van der Waals surface area contributed by atoms with Gasteiger partial charge in [-0.15, -0.1) is 11.3 Å². The average Bonchev–Trinajstić information content (AvgIpc) is 3.61. The molecule has 0 saturated heterocycles. The van der Waals surface area contributed by atoms with Crippen LogP contribution in [0.2, 0.25) is 5.02 Å². The molecule has 0 aliphatic rings. The minimum Gasteiger partial charge on any atom is -0.494 e. The summed E-state index contributed by atoms with van der Waals surface area (Å²) in [5.41, 5.74) is 14.6. The molecule has 7 N–H and O–H groups in total. The van der Waals surface area contributed by atoms with Crippen molar-refractivity contribution >= 4 is 40.7 Å². The van der Waals surface area contributed by atoms with Crippen molar-refractivity contribution in [1.29, 1.82) is 0 Å². The number of halogens is 1. The van der Waals surface area contributed by atoms with Gasteiger partial charge in [0.1, 0.15) is 11.8 Å². The summed E-state index contributed by atoms with van der Waals surface area (Å²) in [5, 5.41) is 11.6. The summed E-state index contributed by atoms with van der Waals surface area (Å²) in [4.78, 5) is 40.3. The molecular formula is C37H44ClN5O5S. The first-order valence-electron chi connectivity index (χ1n) is 16.2. The highest BCUT2D eigenvalue weighted by Gasteiger charge is 2.27. The molecule has 260 valence electrons. The number of primary amides is 1. The van der Waals surface area contributed by atoms with E-state index >= 15 is 0 Å². The molecule has 0 radical (unpaired) electrons. The van der Waals surface area contributed by atoms with Crippen LogP contribution in [-0.4, -0.2) is 61.8 Å². The van der Waals surface area contributed by atoms with E-state index in [0.29, 0.717) is 30.9 Å². The maximum atomic E-state index is 13.9. The lowest BCUT2D eigenvalue weighted by Gasteiger charge is -2.25. The molecule has 0 saturated carbocycles. The molecule has 0 fully saturated rings. The predicted molar refractivity (Wildman–Crippen MR) is 193 cm³/mol. The number of carbonyl (C=O) groups excluding carboxylic acids is 3. The summed E-state index contributed by atoms with van der Waals surface area (Å²) in [7, 11) is 0. The van der Waals surface area contributed by atoms with Crippen LogP contribution in [0.3, 0.4) is 0 Å². The Balaban J connectivity index is 1.44. The number of carbonyl (C=O) groups is 3. The summed E-state index contributed by atoms with van der Waals surface area (Å²) < 4.78 is 11.5. The first-order valence-corrected chi connectivity index (χ1v) is 17.4. The van der Waals surface area contributed by atoms with Crippen molar-refractivity contribution in [3.63, 3.8) is 0 Å². The highest BCUT2D eigenvalue weighted by atomic mass is 35.5. The second-order valence-corrected chi connectivity index (χ2v) is 13.1. The Morgan fingerprint density at radius 2 is 1.43 bits per heavy atom. The highest BCUT2D eigenvalue weighted by Crippen LogP contribution is 2.15. The Labute approximate surface area is 296 Å². The second-order valence-electron chi connectivity index (χ2n) is 11.6. The normalized spacial score (nSPS) is 13.5. The minimum atomic E-state index is -0.885. The number of nitrogens with one attached hydrogen (secondary N) is 3. The van der Waals surface area contributed by atoms with Gasteiger partial charge in [0.15, 0.2) is 0 Å². The maximum Gasteiger partial charge on any atom is 0.243 e. The van der Waals surface area contributed by atoms with Crippen LogP contribution in [0.1, 0.15) is 28.5 Å². The van der Waals surface area contributed by atoms with Crippen molar-refractivity contribution in [2.45, 2.75) is 56.8 Å². The quantitative estimate of drug-likeness (QED) is 0.0692. The highest BCUT2D eigenvalue weighted by molar-refractivity contribution is 7.09. The SMILES string of the molecule is CCOc1ccc(CC(COCNC(Cc2ccc(Cl)cc2)C(N)=O)NC(=O)C(Cc2ccccc2)NC(=O)C(N)Cc2cccs2)cc1. The molecule has 3 amide bonds. The Morgan fingerprint density at radius 3 is 2.08 bits per heavy atom. The summed E-state index contributed by atoms with van der Waals surface area (Å²) in [6.07, 6.45) is 1.44. The van der Waals surface area contributed by atoms with Crippen LogP contribution in [0.5, 0.6) is 5.75 Å². The van der Waals surface area contributed by atoms with Crippen LogP contribution in [0, 0.1) is 0 Å². The molecule has 0 aliphatic carbocycles. The number of ether oxygens (including phenoxy) is 2. The van der Waals surface area contributed by atoms with Gasteiger partial charge in [-0.1, -0.05) is 72.3 Å². The zero-order chi connectivity index (χ0) is 35.0. The molecule has 1 heterocycles. The fourth-order valence-electron chi connectivity index (χ4n) is 5.19. The van der Waals surface area contributed by atoms with E-state index < -0.39 is 36.0 Å². The van der Waals surface area contributed by atoms with Gasteiger partial charge in [-0.2, -0.15) is 0 Å². The van der Waals surface area contributed by atoms with Crippen LogP contribution >= 0.6 is 22.9 Å². The van der Waals surface area contributed by atoms with Crippen LogP contribution in [0.15, 0.2) is 96.4 Å². The molecule has 4 aromatic rings. The molecule has 3 aromatic carbocycles. The lowest BCUT2D eigenvalue weighted by molar-refractivity contribution is -0.130. The van der Waals surface area contributed by atoms with E-state index in [1.165, 1.54) is 11.3 Å². The van der Waals surface area contributed by atoms with E-state index in [0.717, 1.165) is 27.3 Å². The van der Waals surface area contributed by atoms with Crippen molar-refractivity contribution < 1.29 is 23.9 Å². The fourth-order valence-corrected chi connectivity index (χ4v) is 6.08. The van der Waals surface area contributed by atoms with E-state index in [2.05, 4.69) is 16.0 Å². The van der Waals surface area contributed by atoms with E-state index in [1.54, 1.807) is 12.1 Å². The van der Waals surface area contributed by atoms with Crippen molar-refractivity contribution in [2.24, 2.45) is 11.5 Å². The van der Waals surface area contributed by atoms with Crippen LogP contribution in [0.4, 0.5) is 0 Å². The first-order chi connectivity index (χ1) is 23.7. The molecule has 4 unspecified atom stereocenters. The maximum absolute atomic E-state index is 13.9. The molecule has 0 aliphatic heterocycles. The molecule has 12 heteroatoms. The minimum absolute atomic E-state index is 0.0125. The molecule has 4 atom stereocenters. The van der Waals surface area contributed by atoms with Gasteiger partial charge in [-0.25, -0.2) is 0 Å². The number of rotatable bonds is 20. The number of hydrogen-bond donors (Lipinski definition) is 5. The van der Waals surface area contributed by atoms with Gasteiger partial charge in [0.05, 0.1) is 38.1 Å². The van der Waals surface area contributed by atoms with Gasteiger partial charge >= 0.3 is 0 Å². The Bertz CT molecular complexity index is 1590. The van der Waals surface area contributed by atoms with Crippen molar-refractivity contribution in [1.82, 2.24) is 16.0 Å². The van der Waals surface area contributed by atoms with Gasteiger partial charge in [0.25, 0.3) is 0 Å². The van der Waals surface area contributed by atoms with Gasteiger partial charge in [0.2, 0.25) is 17.7 Å². The van der Waals surface area contributed by atoms with Crippen LogP contribution < -0.4 is 32.2 Å². The molecule has 49 heavy (non-hydrogen) atoms. The van der Waals surface area contributed by atoms with Crippen molar-refractivity contribution in [3.05, 3.63) is 123 Å². The van der Waals surface area contributed by atoms with Gasteiger partial charge in [-0.05, 0) is 72.2 Å². The summed E-state index contributed by atoms with van der Waals surface area (Å²) in [6.45, 7) is 2.60. The molecular weight excluding hydrogens is 662 g/mol. The predicted octanol–water partition coefficient (Wildman–Crippen LogP) is 3.79. The van der Waals surface area contributed by atoms with Gasteiger partial charge in [-0.3, -0.25) is 19.7 Å². The zero-order valence-electron chi connectivity index (χ0n) is 27.5. The standard InChI is InChI=1S/C37H44ClN5O5S/c1-2-48-30-16-12-26(13-17-30)19-29(23-47-24-41-33(35(40)44)20-27-10-14-28(38)15-11-27)42-37(46)34(21-25-7-4-3-5-8-25)43-36(45)32(39)22-31-9-6-18-49-31/h3-18,29,32-34,41H,2,19-24,39H2,1H3,(H2,40,44)(H,42,46)(H,43,45). The van der Waals surface area contributed by atoms with Gasteiger partial charge < -0.3 is 31.6 Å². The number of hydrogen-bond acceptors (Lipinski definition) is 8. The Hall–Kier alpha value is -4.26. The molecule has 10 nitrogen and oxygen atoms in total. The van der Waals surface area contributed by atoms with E-state index in [-0.39, 0.29) is 25.7 Å². The first kappa shape index (κ1) is 37.6. The van der Waals surface area contributed by atoms with Crippen LogP contribution in [-0.2, 0) is 44.8 Å². The number of nitrogens with two attached hydrogens (primary N) is 2. The third-order valence-corrected chi connectivity index (χ3v) is 8.91. The molecule has 0 spiro atoms. The smallest absolute Gasteiger partial charge is 0.243 e. The topological polar surface area (TPSA) is 158 Å².